The minimum atomic E-state index is 0.0238. The Labute approximate surface area is 90.4 Å². The molecule has 0 atom stereocenters. The van der Waals surface area contributed by atoms with E-state index < -0.39 is 0 Å². The third-order valence-electron chi connectivity index (χ3n) is 1.64. The summed E-state index contributed by atoms with van der Waals surface area (Å²) in [6.07, 6.45) is 3.69. The first-order chi connectivity index (χ1) is 6.83. The fraction of sp³-hybridized carbons (Fsp3) is 0.625. The molecule has 0 aliphatic rings. The van der Waals surface area contributed by atoms with E-state index in [1.807, 2.05) is 0 Å². The van der Waals surface area contributed by atoms with Gasteiger partial charge >= 0.3 is 0 Å². The SMILES string of the molecule is O=C(CCCCBr)NCc1ncon1. The molecule has 1 rings (SSSR count). The second kappa shape index (κ2) is 6.53. The Kier molecular flexibility index (Phi) is 5.21. The maximum atomic E-state index is 11.2. The number of unbranched alkanes of at least 4 members (excludes halogenated alkanes) is 1. The molecule has 0 aliphatic carbocycles. The quantitative estimate of drug-likeness (QED) is 0.618. The van der Waals surface area contributed by atoms with Crippen molar-refractivity contribution in [2.45, 2.75) is 25.8 Å². The molecule has 5 nitrogen and oxygen atoms in total. The Morgan fingerprint density at radius 3 is 3.07 bits per heavy atom. The van der Waals surface area contributed by atoms with Crippen molar-refractivity contribution in [3.63, 3.8) is 0 Å². The van der Waals surface area contributed by atoms with Crippen LogP contribution in [0.2, 0.25) is 0 Å². The molecule has 6 heteroatoms. The maximum Gasteiger partial charge on any atom is 0.220 e. The van der Waals surface area contributed by atoms with Crippen molar-refractivity contribution in [3.8, 4) is 0 Å². The van der Waals surface area contributed by atoms with Gasteiger partial charge in [0.1, 0.15) is 0 Å². The van der Waals surface area contributed by atoms with Gasteiger partial charge in [-0.3, -0.25) is 4.79 Å². The van der Waals surface area contributed by atoms with Crippen LogP contribution in [0.3, 0.4) is 0 Å². The van der Waals surface area contributed by atoms with Crippen molar-refractivity contribution in [1.82, 2.24) is 15.5 Å². The molecule has 0 bridgehead atoms. The van der Waals surface area contributed by atoms with Crippen LogP contribution in [0.1, 0.15) is 25.1 Å². The van der Waals surface area contributed by atoms with Crippen molar-refractivity contribution in [2.75, 3.05) is 5.33 Å². The van der Waals surface area contributed by atoms with Gasteiger partial charge < -0.3 is 9.84 Å². The third kappa shape index (κ3) is 4.36. The van der Waals surface area contributed by atoms with Gasteiger partial charge in [-0.05, 0) is 12.8 Å². The molecule has 14 heavy (non-hydrogen) atoms. The topological polar surface area (TPSA) is 68.0 Å². The van der Waals surface area contributed by atoms with E-state index in [2.05, 4.69) is 35.9 Å². The zero-order chi connectivity index (χ0) is 10.2. The summed E-state index contributed by atoms with van der Waals surface area (Å²) in [4.78, 5) is 15.0. The summed E-state index contributed by atoms with van der Waals surface area (Å²) in [6.45, 7) is 0.337. The minimum Gasteiger partial charge on any atom is -0.349 e. The molecular formula is C8H12BrN3O2. The molecule has 0 spiro atoms. The second-order valence-electron chi connectivity index (χ2n) is 2.77. The van der Waals surface area contributed by atoms with Crippen molar-refractivity contribution < 1.29 is 9.32 Å². The molecule has 0 aromatic carbocycles. The first-order valence-corrected chi connectivity index (χ1v) is 5.53. The summed E-state index contributed by atoms with van der Waals surface area (Å²) in [5.41, 5.74) is 0. The molecule has 78 valence electrons. The summed E-state index contributed by atoms with van der Waals surface area (Å²) < 4.78 is 4.53. The van der Waals surface area contributed by atoms with Crippen molar-refractivity contribution in [1.29, 1.82) is 0 Å². The molecule has 1 amide bonds. The van der Waals surface area contributed by atoms with Gasteiger partial charge in [0.25, 0.3) is 0 Å². The van der Waals surface area contributed by atoms with Crippen LogP contribution in [0, 0.1) is 0 Å². The molecule has 1 aromatic rings. The molecular weight excluding hydrogens is 250 g/mol. The zero-order valence-corrected chi connectivity index (χ0v) is 9.29. The smallest absolute Gasteiger partial charge is 0.220 e. The summed E-state index contributed by atoms with van der Waals surface area (Å²) in [7, 11) is 0. The van der Waals surface area contributed by atoms with Crippen LogP contribution < -0.4 is 5.32 Å². The third-order valence-corrected chi connectivity index (χ3v) is 2.20. The minimum absolute atomic E-state index is 0.0238. The van der Waals surface area contributed by atoms with Crippen LogP contribution >= 0.6 is 15.9 Å². The first-order valence-electron chi connectivity index (χ1n) is 4.41. The highest BCUT2D eigenvalue weighted by Crippen LogP contribution is 1.98. The van der Waals surface area contributed by atoms with E-state index in [9.17, 15) is 4.79 Å². The number of carbonyl (C=O) groups is 1. The Morgan fingerprint density at radius 1 is 1.57 bits per heavy atom. The Balaban J connectivity index is 2.09. The number of nitrogens with zero attached hydrogens (tertiary/aromatic N) is 2. The predicted molar refractivity (Wildman–Crippen MR) is 53.8 cm³/mol. The molecule has 1 aromatic heterocycles. The van der Waals surface area contributed by atoms with E-state index in [-0.39, 0.29) is 5.91 Å². The molecule has 0 unspecified atom stereocenters. The van der Waals surface area contributed by atoms with Crippen LogP contribution in [0.25, 0.3) is 0 Å². The van der Waals surface area contributed by atoms with Crippen LogP contribution in [-0.4, -0.2) is 21.4 Å². The van der Waals surface area contributed by atoms with Gasteiger partial charge in [-0.1, -0.05) is 21.1 Å². The van der Waals surface area contributed by atoms with Gasteiger partial charge in [0, 0.05) is 11.8 Å². The highest BCUT2D eigenvalue weighted by molar-refractivity contribution is 9.09. The van der Waals surface area contributed by atoms with Gasteiger partial charge in [-0.15, -0.1) is 0 Å². The number of halogens is 1. The zero-order valence-electron chi connectivity index (χ0n) is 7.70. The second-order valence-corrected chi connectivity index (χ2v) is 3.56. The molecule has 1 N–H and O–H groups in total. The van der Waals surface area contributed by atoms with Gasteiger partial charge in [0.2, 0.25) is 12.3 Å². The van der Waals surface area contributed by atoms with E-state index in [0.717, 1.165) is 18.2 Å². The summed E-state index contributed by atoms with van der Waals surface area (Å²) in [5, 5.41) is 7.22. The molecule has 0 fully saturated rings. The van der Waals surface area contributed by atoms with Crippen LogP contribution in [0.5, 0.6) is 0 Å². The molecule has 0 radical (unpaired) electrons. The van der Waals surface area contributed by atoms with E-state index in [4.69, 9.17) is 0 Å². The van der Waals surface area contributed by atoms with Gasteiger partial charge in [-0.25, -0.2) is 0 Å². The van der Waals surface area contributed by atoms with Crippen LogP contribution in [-0.2, 0) is 11.3 Å². The molecule has 0 saturated carbocycles. The number of carbonyl (C=O) groups excluding carboxylic acids is 1. The Bertz CT molecular complexity index is 264. The number of aromatic nitrogens is 2. The summed E-state index contributed by atoms with van der Waals surface area (Å²) >= 11 is 3.31. The monoisotopic (exact) mass is 261 g/mol. The Morgan fingerprint density at radius 2 is 2.43 bits per heavy atom. The number of nitrogens with one attached hydrogen (secondary N) is 1. The lowest BCUT2D eigenvalue weighted by Crippen LogP contribution is -2.22. The normalized spacial score (nSPS) is 10.1. The lowest BCUT2D eigenvalue weighted by Gasteiger charge is -2.00. The van der Waals surface area contributed by atoms with Crippen LogP contribution in [0.4, 0.5) is 0 Å². The average molecular weight is 262 g/mol. The van der Waals surface area contributed by atoms with Gasteiger partial charge in [0.05, 0.1) is 6.54 Å². The highest BCUT2D eigenvalue weighted by Gasteiger charge is 2.02. The molecule has 1 heterocycles. The largest absolute Gasteiger partial charge is 0.349 e. The van der Waals surface area contributed by atoms with Crippen molar-refractivity contribution in [2.24, 2.45) is 0 Å². The number of amides is 1. The molecule has 0 aliphatic heterocycles. The van der Waals surface area contributed by atoms with Gasteiger partial charge in [-0.2, -0.15) is 4.98 Å². The number of hydrogen-bond acceptors (Lipinski definition) is 4. The van der Waals surface area contributed by atoms with E-state index in [0.29, 0.717) is 18.8 Å². The van der Waals surface area contributed by atoms with Gasteiger partial charge in [0.15, 0.2) is 5.82 Å². The van der Waals surface area contributed by atoms with Crippen LogP contribution in [0.15, 0.2) is 10.9 Å². The Hall–Kier alpha value is -0.910. The van der Waals surface area contributed by atoms with Crippen molar-refractivity contribution >= 4 is 21.8 Å². The van der Waals surface area contributed by atoms with E-state index >= 15 is 0 Å². The summed E-state index contributed by atoms with van der Waals surface area (Å²) in [6, 6.07) is 0. The average Bonchev–Trinajstić information content (AvgIpc) is 2.68. The van der Waals surface area contributed by atoms with Crippen molar-refractivity contribution in [3.05, 3.63) is 12.2 Å². The van der Waals surface area contributed by atoms with E-state index in [1.165, 1.54) is 6.39 Å². The lowest BCUT2D eigenvalue weighted by molar-refractivity contribution is -0.121. The summed E-state index contributed by atoms with van der Waals surface area (Å²) in [5.74, 6) is 0.523. The molecule has 0 saturated heterocycles. The number of hydrogen-bond donors (Lipinski definition) is 1. The lowest BCUT2D eigenvalue weighted by atomic mass is 10.2. The fourth-order valence-corrected chi connectivity index (χ4v) is 1.31. The fourth-order valence-electron chi connectivity index (χ4n) is 0.916. The number of rotatable bonds is 6. The predicted octanol–water partition coefficient (Wildman–Crippen LogP) is 1.25. The maximum absolute atomic E-state index is 11.2. The number of alkyl halides is 1. The first kappa shape index (κ1) is 11.2. The van der Waals surface area contributed by atoms with E-state index in [1.54, 1.807) is 0 Å². The highest BCUT2D eigenvalue weighted by atomic mass is 79.9. The standard InChI is InChI=1S/C8H12BrN3O2/c9-4-2-1-3-8(13)10-5-7-11-6-14-12-7/h6H,1-5H2,(H,10,13).